The van der Waals surface area contributed by atoms with Crippen LogP contribution in [-0.4, -0.2) is 167 Å². The SMILES string of the molecule is Cc1cc(C)c(S(=O)(=O)N2CCC(NCCC(C)O)CC2)c(CCc2cc(C)cc(CCc3cc(C)cc(C)c3S(=O)(=O)N3CCC(N4CCC(O)CC4)CC3)c2S(=O)(=O)N2CCC(N3CCC(C)OC3)CC2)c1. The quantitative estimate of drug-likeness (QED) is 0.133. The number of aryl methyl sites for hydroxylation is 9. The number of likely N-dealkylation sites (tertiary alicyclic amines) is 1. The summed E-state index contributed by atoms with van der Waals surface area (Å²) >= 11 is 0. The monoisotopic (exact) mass is 1080 g/mol. The minimum absolute atomic E-state index is 0.166. The first-order valence-corrected chi connectivity index (χ1v) is 32.0. The Balaban J connectivity index is 1.09. The predicted molar refractivity (Wildman–Crippen MR) is 291 cm³/mol. The van der Waals surface area contributed by atoms with Crippen LogP contribution in [0.25, 0.3) is 0 Å². The number of piperidine rings is 4. The van der Waals surface area contributed by atoms with Crippen molar-refractivity contribution in [3.05, 3.63) is 86.5 Å². The van der Waals surface area contributed by atoms with Crippen LogP contribution in [0.15, 0.2) is 51.1 Å². The minimum atomic E-state index is -4.10. The van der Waals surface area contributed by atoms with Crippen molar-refractivity contribution in [1.29, 1.82) is 0 Å². The van der Waals surface area contributed by atoms with E-state index in [0.29, 0.717) is 136 Å². The topological polar surface area (TPSA) is 180 Å². The second kappa shape index (κ2) is 24.4. The summed E-state index contributed by atoms with van der Waals surface area (Å²) in [4.78, 5) is 5.58. The van der Waals surface area contributed by atoms with E-state index in [1.54, 1.807) is 19.8 Å². The van der Waals surface area contributed by atoms with Crippen LogP contribution >= 0.6 is 0 Å². The molecule has 8 rings (SSSR count). The standard InChI is InChI=1S/C56H86N6O9S3/c1-39-32-42(4)54(72(65,66)60-26-14-50(15-27-60)57-22-12-44(6)63)46(34-39)8-10-48-36-41(3)37-49(56(48)74(69,70)62-30-18-52(19-31-62)59-23-13-45(7)71-38-59)11-9-47-35-40(2)33-43(5)55(47)73(67,68)61-28-16-51(17-29-61)58-24-20-53(64)21-25-58/h32-37,44-45,50-53,57,63-64H,8-31,38H2,1-7H3. The first-order valence-electron chi connectivity index (χ1n) is 27.6. The largest absolute Gasteiger partial charge is 0.393 e. The molecule has 0 aromatic heterocycles. The Kier molecular flexibility index (Phi) is 18.9. The lowest BCUT2D eigenvalue weighted by Crippen LogP contribution is -2.50. The van der Waals surface area contributed by atoms with Crippen molar-refractivity contribution < 1.29 is 40.2 Å². The molecule has 15 nitrogen and oxygen atoms in total. The molecular formula is C56H86N6O9S3. The van der Waals surface area contributed by atoms with E-state index in [4.69, 9.17) is 4.74 Å². The van der Waals surface area contributed by atoms with Crippen molar-refractivity contribution in [1.82, 2.24) is 28.0 Å². The van der Waals surface area contributed by atoms with Gasteiger partial charge in [-0.2, -0.15) is 12.9 Å². The molecule has 5 fully saturated rings. The number of nitrogens with zero attached hydrogens (tertiary/aromatic N) is 5. The fourth-order valence-electron chi connectivity index (χ4n) is 12.7. The maximum atomic E-state index is 15.5. The zero-order chi connectivity index (χ0) is 53.1. The lowest BCUT2D eigenvalue weighted by Gasteiger charge is -2.41. The normalized spacial score (nSPS) is 22.4. The first kappa shape index (κ1) is 57.3. The summed E-state index contributed by atoms with van der Waals surface area (Å²) in [5.41, 5.74) is 6.68. The van der Waals surface area contributed by atoms with Gasteiger partial charge in [-0.1, -0.05) is 53.1 Å². The van der Waals surface area contributed by atoms with Gasteiger partial charge in [0.05, 0.1) is 39.7 Å². The highest BCUT2D eigenvalue weighted by molar-refractivity contribution is 7.89. The fraction of sp³-hybridized carbons (Fsp3) is 0.679. The van der Waals surface area contributed by atoms with Gasteiger partial charge in [-0.15, -0.1) is 0 Å². The number of aliphatic hydroxyl groups excluding tert-OH is 2. The fourth-order valence-corrected chi connectivity index (χ4v) is 18.5. The van der Waals surface area contributed by atoms with Gasteiger partial charge in [0.15, 0.2) is 0 Å². The van der Waals surface area contributed by atoms with Gasteiger partial charge in [-0.25, -0.2) is 25.3 Å². The third-order valence-electron chi connectivity index (χ3n) is 16.7. The molecular weight excluding hydrogens is 997 g/mol. The van der Waals surface area contributed by atoms with Gasteiger partial charge in [0.25, 0.3) is 0 Å². The lowest BCUT2D eigenvalue weighted by molar-refractivity contribution is -0.0829. The molecule has 3 aromatic rings. The van der Waals surface area contributed by atoms with E-state index in [1.807, 2.05) is 71.0 Å². The zero-order valence-corrected chi connectivity index (χ0v) is 47.8. The molecule has 2 atom stereocenters. The summed E-state index contributed by atoms with van der Waals surface area (Å²) in [5, 5.41) is 23.3. The van der Waals surface area contributed by atoms with Crippen molar-refractivity contribution in [2.24, 2.45) is 0 Å². The van der Waals surface area contributed by atoms with Crippen LogP contribution in [-0.2, 0) is 60.5 Å². The van der Waals surface area contributed by atoms with Gasteiger partial charge < -0.3 is 25.2 Å². The van der Waals surface area contributed by atoms with Gasteiger partial charge in [0, 0.05) is 77.0 Å². The maximum absolute atomic E-state index is 15.5. The maximum Gasteiger partial charge on any atom is 0.243 e. The van der Waals surface area contributed by atoms with Crippen molar-refractivity contribution in [3.8, 4) is 0 Å². The Morgan fingerprint density at radius 3 is 1.34 bits per heavy atom. The number of ether oxygens (including phenoxy) is 1. The third kappa shape index (κ3) is 13.3. The van der Waals surface area contributed by atoms with Crippen LogP contribution in [0.4, 0.5) is 0 Å². The van der Waals surface area contributed by atoms with Gasteiger partial charge in [0.2, 0.25) is 30.1 Å². The highest BCUT2D eigenvalue weighted by Crippen LogP contribution is 2.36. The first-order chi connectivity index (χ1) is 35.1. The van der Waals surface area contributed by atoms with Gasteiger partial charge in [-0.3, -0.25) is 4.90 Å². The summed E-state index contributed by atoms with van der Waals surface area (Å²) in [6.45, 7) is 19.5. The Bertz CT molecular complexity index is 2750. The minimum Gasteiger partial charge on any atom is -0.393 e. The van der Waals surface area contributed by atoms with Crippen LogP contribution in [0.3, 0.4) is 0 Å². The van der Waals surface area contributed by atoms with E-state index in [-0.39, 0.29) is 53.0 Å². The van der Waals surface area contributed by atoms with Crippen molar-refractivity contribution in [2.45, 2.75) is 189 Å². The molecule has 3 N–H and O–H groups in total. The number of hydrogen-bond donors (Lipinski definition) is 3. The summed E-state index contributed by atoms with van der Waals surface area (Å²) in [6.07, 6.45) is 7.87. The molecule has 0 aliphatic carbocycles. The van der Waals surface area contributed by atoms with E-state index in [9.17, 15) is 27.0 Å². The van der Waals surface area contributed by atoms with Crippen LogP contribution in [0, 0.1) is 34.6 Å². The highest BCUT2D eigenvalue weighted by Gasteiger charge is 2.38. The lowest BCUT2D eigenvalue weighted by atomic mass is 9.95. The van der Waals surface area contributed by atoms with Crippen LogP contribution in [0.1, 0.15) is 128 Å². The Hall–Kier alpha value is -2.85. The van der Waals surface area contributed by atoms with E-state index in [1.165, 1.54) is 0 Å². The van der Waals surface area contributed by atoms with Crippen LogP contribution < -0.4 is 5.32 Å². The third-order valence-corrected chi connectivity index (χ3v) is 23.1. The molecule has 0 radical (unpaired) electrons. The molecule has 5 saturated heterocycles. The van der Waals surface area contributed by atoms with Crippen molar-refractivity contribution in [3.63, 3.8) is 0 Å². The van der Waals surface area contributed by atoms with E-state index < -0.39 is 36.2 Å². The molecule has 5 aliphatic rings. The van der Waals surface area contributed by atoms with E-state index >= 15 is 8.42 Å². The smallest absolute Gasteiger partial charge is 0.243 e. The summed E-state index contributed by atoms with van der Waals surface area (Å²) in [7, 11) is -11.9. The van der Waals surface area contributed by atoms with E-state index in [2.05, 4.69) is 22.0 Å². The molecule has 0 saturated carbocycles. The molecule has 0 amide bonds. The molecule has 74 heavy (non-hydrogen) atoms. The van der Waals surface area contributed by atoms with Crippen molar-refractivity contribution in [2.75, 3.05) is 72.2 Å². The number of hydrogen-bond acceptors (Lipinski definition) is 12. The Morgan fingerprint density at radius 2 is 0.919 bits per heavy atom. The summed E-state index contributed by atoms with van der Waals surface area (Å²) in [5.74, 6) is 0. The molecule has 5 aliphatic heterocycles. The summed E-state index contributed by atoms with van der Waals surface area (Å²) in [6, 6.07) is 12.3. The second-order valence-corrected chi connectivity index (χ2v) is 28.2. The molecule has 412 valence electrons. The molecule has 5 heterocycles. The molecule has 0 bridgehead atoms. The van der Waals surface area contributed by atoms with Gasteiger partial charge in [0.1, 0.15) is 0 Å². The summed E-state index contributed by atoms with van der Waals surface area (Å²) < 4.78 is 101. The molecule has 0 spiro atoms. The van der Waals surface area contributed by atoms with Crippen LogP contribution in [0.5, 0.6) is 0 Å². The molecule has 18 heteroatoms. The van der Waals surface area contributed by atoms with E-state index in [0.717, 1.165) is 68.4 Å². The average Bonchev–Trinajstić information content (AvgIpc) is 3.35. The number of sulfonamides is 3. The number of nitrogens with one attached hydrogen (secondary N) is 1. The van der Waals surface area contributed by atoms with Gasteiger partial charge >= 0.3 is 0 Å². The zero-order valence-electron chi connectivity index (χ0n) is 45.3. The Labute approximate surface area is 444 Å². The predicted octanol–water partition coefficient (Wildman–Crippen LogP) is 6.14. The van der Waals surface area contributed by atoms with Crippen molar-refractivity contribution >= 4 is 30.1 Å². The molecule has 3 aromatic carbocycles. The van der Waals surface area contributed by atoms with Crippen LogP contribution in [0.2, 0.25) is 0 Å². The highest BCUT2D eigenvalue weighted by atomic mass is 32.2. The second-order valence-electron chi connectivity index (χ2n) is 22.6. The molecule has 2 unspecified atom stereocenters. The number of benzene rings is 3. The average molecular weight is 1080 g/mol. The van der Waals surface area contributed by atoms with Gasteiger partial charge in [-0.05, 0) is 178 Å². The number of aliphatic hydroxyl groups is 2. The Morgan fingerprint density at radius 1 is 0.541 bits per heavy atom. The number of rotatable bonds is 18.